The first-order valence-corrected chi connectivity index (χ1v) is 11.5. The van der Waals surface area contributed by atoms with E-state index in [1.54, 1.807) is 7.11 Å². The van der Waals surface area contributed by atoms with E-state index in [-0.39, 0.29) is 0 Å². The van der Waals surface area contributed by atoms with E-state index in [1.165, 1.54) is 41.6 Å². The standard InChI is InChI=1S/C25H33ClN2O2/c1-5-30-24-12-10-21(17(2)18(24)3)23-8-6-7-20-16-27(13-14-28(20)23)19-9-11-22(26)25(15-19)29-4/h9-12,15,20,23H,5-8,13-14,16H2,1-4H3/t20?,23-/m1/s1. The minimum absolute atomic E-state index is 0.500. The van der Waals surface area contributed by atoms with Gasteiger partial charge in [-0.2, -0.15) is 0 Å². The zero-order valence-corrected chi connectivity index (χ0v) is 19.3. The number of benzene rings is 2. The van der Waals surface area contributed by atoms with Crippen molar-refractivity contribution in [3.8, 4) is 11.5 Å². The molecule has 0 radical (unpaired) electrons. The molecular formula is C25H33ClN2O2. The Morgan fingerprint density at radius 1 is 1.03 bits per heavy atom. The molecule has 2 heterocycles. The quantitative estimate of drug-likeness (QED) is 0.602. The van der Waals surface area contributed by atoms with E-state index in [0.717, 1.165) is 31.1 Å². The summed E-state index contributed by atoms with van der Waals surface area (Å²) in [6.07, 6.45) is 3.77. The fourth-order valence-electron chi connectivity index (χ4n) is 5.15. The van der Waals surface area contributed by atoms with Gasteiger partial charge in [0.05, 0.1) is 18.7 Å². The zero-order chi connectivity index (χ0) is 21.3. The Labute approximate surface area is 185 Å². The van der Waals surface area contributed by atoms with Crippen LogP contribution in [0.1, 0.15) is 48.9 Å². The molecule has 2 aliphatic rings. The summed E-state index contributed by atoms with van der Waals surface area (Å²) >= 11 is 6.23. The number of rotatable bonds is 5. The van der Waals surface area contributed by atoms with Crippen LogP contribution >= 0.6 is 11.6 Å². The maximum Gasteiger partial charge on any atom is 0.139 e. The van der Waals surface area contributed by atoms with Crippen LogP contribution in [0, 0.1) is 13.8 Å². The summed E-state index contributed by atoms with van der Waals surface area (Å²) in [6, 6.07) is 11.7. The Kier molecular flexibility index (Phi) is 6.45. The largest absolute Gasteiger partial charge is 0.495 e. The summed E-state index contributed by atoms with van der Waals surface area (Å²) in [6.45, 7) is 10.4. The van der Waals surface area contributed by atoms with E-state index >= 15 is 0 Å². The second kappa shape index (κ2) is 9.07. The van der Waals surface area contributed by atoms with Gasteiger partial charge in [-0.3, -0.25) is 4.90 Å². The van der Waals surface area contributed by atoms with Gasteiger partial charge >= 0.3 is 0 Å². The number of piperidine rings is 1. The molecule has 0 amide bonds. The van der Waals surface area contributed by atoms with Gasteiger partial charge in [0.2, 0.25) is 0 Å². The van der Waals surface area contributed by atoms with E-state index in [2.05, 4.69) is 47.9 Å². The summed E-state index contributed by atoms with van der Waals surface area (Å²) in [5.74, 6) is 1.77. The highest BCUT2D eigenvalue weighted by Gasteiger charge is 2.36. The van der Waals surface area contributed by atoms with Gasteiger partial charge in [0, 0.05) is 43.5 Å². The van der Waals surface area contributed by atoms with Crippen molar-refractivity contribution in [3.63, 3.8) is 0 Å². The summed E-state index contributed by atoms with van der Waals surface area (Å²) in [5, 5.41) is 0.666. The molecule has 0 bridgehead atoms. The Hall–Kier alpha value is -1.91. The van der Waals surface area contributed by atoms with Crippen LogP contribution in [0.2, 0.25) is 5.02 Å². The van der Waals surface area contributed by atoms with Crippen molar-refractivity contribution in [3.05, 3.63) is 52.0 Å². The zero-order valence-electron chi connectivity index (χ0n) is 18.6. The number of halogens is 1. The minimum atomic E-state index is 0.500. The molecule has 0 aromatic heterocycles. The summed E-state index contributed by atoms with van der Waals surface area (Å²) < 4.78 is 11.2. The van der Waals surface area contributed by atoms with Gasteiger partial charge < -0.3 is 14.4 Å². The van der Waals surface area contributed by atoms with Crippen molar-refractivity contribution in [1.29, 1.82) is 0 Å². The van der Waals surface area contributed by atoms with Gasteiger partial charge in [0.15, 0.2) is 0 Å². The average molecular weight is 429 g/mol. The number of fused-ring (bicyclic) bond motifs is 1. The van der Waals surface area contributed by atoms with Crippen LogP contribution in [0.15, 0.2) is 30.3 Å². The predicted octanol–water partition coefficient (Wildman–Crippen LogP) is 5.78. The average Bonchev–Trinajstić information content (AvgIpc) is 2.77. The second-order valence-electron chi connectivity index (χ2n) is 8.44. The summed E-state index contributed by atoms with van der Waals surface area (Å²) in [7, 11) is 1.68. The molecular weight excluding hydrogens is 396 g/mol. The lowest BCUT2D eigenvalue weighted by Crippen LogP contribution is -2.56. The van der Waals surface area contributed by atoms with E-state index < -0.39 is 0 Å². The minimum Gasteiger partial charge on any atom is -0.495 e. The van der Waals surface area contributed by atoms with Gasteiger partial charge in [-0.1, -0.05) is 17.7 Å². The number of piperazine rings is 1. The molecule has 4 nitrogen and oxygen atoms in total. The van der Waals surface area contributed by atoms with Crippen molar-refractivity contribution in [2.45, 2.75) is 52.1 Å². The molecule has 2 fully saturated rings. The molecule has 2 aliphatic heterocycles. The highest BCUT2D eigenvalue weighted by atomic mass is 35.5. The van der Waals surface area contributed by atoms with Gasteiger partial charge in [-0.25, -0.2) is 0 Å². The van der Waals surface area contributed by atoms with Gasteiger partial charge in [0.25, 0.3) is 0 Å². The van der Waals surface area contributed by atoms with Crippen molar-refractivity contribution in [1.82, 2.24) is 4.90 Å². The molecule has 4 rings (SSSR count). The number of ether oxygens (including phenoxy) is 2. The first-order chi connectivity index (χ1) is 14.5. The lowest BCUT2D eigenvalue weighted by atomic mass is 9.86. The molecule has 1 unspecified atom stereocenters. The number of anilines is 1. The van der Waals surface area contributed by atoms with E-state index in [9.17, 15) is 0 Å². The molecule has 0 saturated carbocycles. The molecule has 2 atom stereocenters. The molecule has 0 spiro atoms. The summed E-state index contributed by atoms with van der Waals surface area (Å²) in [5.41, 5.74) is 5.34. The van der Waals surface area contributed by atoms with Gasteiger partial charge in [0.1, 0.15) is 11.5 Å². The van der Waals surface area contributed by atoms with E-state index in [4.69, 9.17) is 21.1 Å². The van der Waals surface area contributed by atoms with E-state index in [1.807, 2.05) is 13.0 Å². The van der Waals surface area contributed by atoms with Crippen LogP contribution in [0.3, 0.4) is 0 Å². The van der Waals surface area contributed by atoms with Crippen LogP contribution in [0.4, 0.5) is 5.69 Å². The molecule has 5 heteroatoms. The third kappa shape index (κ3) is 4.00. The lowest BCUT2D eigenvalue weighted by Gasteiger charge is -2.49. The second-order valence-corrected chi connectivity index (χ2v) is 8.85. The van der Waals surface area contributed by atoms with Crippen LogP contribution in [0.25, 0.3) is 0 Å². The summed E-state index contributed by atoms with van der Waals surface area (Å²) in [4.78, 5) is 5.23. The van der Waals surface area contributed by atoms with Crippen molar-refractivity contribution < 1.29 is 9.47 Å². The molecule has 2 aromatic rings. The monoisotopic (exact) mass is 428 g/mol. The van der Waals surface area contributed by atoms with E-state index in [0.29, 0.717) is 23.7 Å². The molecule has 162 valence electrons. The normalized spacial score (nSPS) is 22.0. The Bertz CT molecular complexity index is 901. The highest BCUT2D eigenvalue weighted by Crippen LogP contribution is 2.40. The maximum absolute atomic E-state index is 6.23. The lowest BCUT2D eigenvalue weighted by molar-refractivity contribution is 0.0712. The molecule has 2 aromatic carbocycles. The van der Waals surface area contributed by atoms with Crippen LogP contribution in [-0.2, 0) is 0 Å². The van der Waals surface area contributed by atoms with Crippen LogP contribution < -0.4 is 14.4 Å². The number of nitrogens with zero attached hydrogens (tertiary/aromatic N) is 2. The van der Waals surface area contributed by atoms with Crippen LogP contribution in [-0.4, -0.2) is 44.3 Å². The topological polar surface area (TPSA) is 24.9 Å². The third-order valence-corrected chi connectivity index (χ3v) is 7.19. The third-order valence-electron chi connectivity index (χ3n) is 6.88. The number of methoxy groups -OCH3 is 1. The predicted molar refractivity (Wildman–Crippen MR) is 124 cm³/mol. The first kappa shape index (κ1) is 21.3. The fraction of sp³-hybridized carbons (Fsp3) is 0.520. The molecule has 0 N–H and O–H groups in total. The van der Waals surface area contributed by atoms with Gasteiger partial charge in [-0.05, 0) is 74.9 Å². The smallest absolute Gasteiger partial charge is 0.139 e. The molecule has 2 saturated heterocycles. The van der Waals surface area contributed by atoms with Gasteiger partial charge in [-0.15, -0.1) is 0 Å². The maximum atomic E-state index is 6.23. The number of hydrogen-bond acceptors (Lipinski definition) is 4. The molecule has 30 heavy (non-hydrogen) atoms. The molecule has 0 aliphatic carbocycles. The van der Waals surface area contributed by atoms with Crippen molar-refractivity contribution in [2.75, 3.05) is 38.3 Å². The first-order valence-electron chi connectivity index (χ1n) is 11.1. The number of hydrogen-bond donors (Lipinski definition) is 0. The highest BCUT2D eigenvalue weighted by molar-refractivity contribution is 6.32. The fourth-order valence-corrected chi connectivity index (χ4v) is 5.35. The van der Waals surface area contributed by atoms with Crippen molar-refractivity contribution in [2.24, 2.45) is 0 Å². The Morgan fingerprint density at radius 3 is 2.63 bits per heavy atom. The van der Waals surface area contributed by atoms with Crippen molar-refractivity contribution >= 4 is 17.3 Å². The van der Waals surface area contributed by atoms with Crippen LogP contribution in [0.5, 0.6) is 11.5 Å². The Morgan fingerprint density at radius 2 is 1.87 bits per heavy atom. The SMILES string of the molecule is CCOc1ccc([C@H]2CCCC3CN(c4ccc(Cl)c(OC)c4)CCN32)c(C)c1C. The Balaban J connectivity index is 1.54.